The van der Waals surface area contributed by atoms with Crippen LogP contribution in [0.2, 0.25) is 0 Å². The highest BCUT2D eigenvalue weighted by Gasteiger charge is 2.53. The molecule has 1 aliphatic heterocycles. The standard InChI is InChI=1S/C15H18BrNO/c1-10(2)13-9-18-14(17-13)15(7-8-15)11-5-3-4-6-12(11)16/h3-6,10,13H,7-9H2,1-2H3/t13-/m1/s1. The molecule has 1 aromatic rings. The van der Waals surface area contributed by atoms with Gasteiger partial charge in [-0.25, -0.2) is 4.99 Å². The molecule has 3 rings (SSSR count). The highest BCUT2D eigenvalue weighted by molar-refractivity contribution is 9.10. The molecule has 0 unspecified atom stereocenters. The van der Waals surface area contributed by atoms with E-state index in [4.69, 9.17) is 9.73 Å². The highest BCUT2D eigenvalue weighted by atomic mass is 79.9. The van der Waals surface area contributed by atoms with Crippen LogP contribution in [0.15, 0.2) is 33.7 Å². The quantitative estimate of drug-likeness (QED) is 0.829. The first kappa shape index (κ1) is 12.2. The second-order valence-corrected chi connectivity index (χ2v) is 6.47. The van der Waals surface area contributed by atoms with E-state index in [0.29, 0.717) is 12.0 Å². The monoisotopic (exact) mass is 307 g/mol. The van der Waals surface area contributed by atoms with Crippen LogP contribution < -0.4 is 0 Å². The van der Waals surface area contributed by atoms with Gasteiger partial charge in [0.25, 0.3) is 0 Å². The van der Waals surface area contributed by atoms with Crippen LogP contribution in [0.3, 0.4) is 0 Å². The molecule has 1 saturated carbocycles. The Kier molecular flexibility index (Phi) is 2.97. The van der Waals surface area contributed by atoms with Gasteiger partial charge >= 0.3 is 0 Å². The normalized spacial score (nSPS) is 24.9. The number of halogens is 1. The van der Waals surface area contributed by atoms with Crippen LogP contribution in [0.5, 0.6) is 0 Å². The first-order valence-electron chi connectivity index (χ1n) is 6.59. The fourth-order valence-electron chi connectivity index (χ4n) is 2.57. The zero-order chi connectivity index (χ0) is 12.8. The van der Waals surface area contributed by atoms with Gasteiger partial charge < -0.3 is 4.74 Å². The summed E-state index contributed by atoms with van der Waals surface area (Å²) >= 11 is 3.65. The van der Waals surface area contributed by atoms with Crippen molar-refractivity contribution >= 4 is 21.8 Å². The van der Waals surface area contributed by atoms with Gasteiger partial charge in [-0.1, -0.05) is 48.0 Å². The van der Waals surface area contributed by atoms with Crippen LogP contribution in [-0.4, -0.2) is 18.5 Å². The largest absolute Gasteiger partial charge is 0.478 e. The maximum atomic E-state index is 5.89. The van der Waals surface area contributed by atoms with Gasteiger partial charge in [-0.3, -0.25) is 0 Å². The fourth-order valence-corrected chi connectivity index (χ4v) is 3.23. The first-order valence-corrected chi connectivity index (χ1v) is 7.39. The minimum atomic E-state index is 0.0593. The maximum Gasteiger partial charge on any atom is 0.194 e. The lowest BCUT2D eigenvalue weighted by Crippen LogP contribution is -2.21. The van der Waals surface area contributed by atoms with Crippen molar-refractivity contribution in [2.75, 3.05) is 6.61 Å². The second kappa shape index (κ2) is 4.37. The van der Waals surface area contributed by atoms with E-state index in [2.05, 4.69) is 54.0 Å². The predicted octanol–water partition coefficient (Wildman–Crippen LogP) is 3.93. The molecule has 96 valence electrons. The van der Waals surface area contributed by atoms with Crippen molar-refractivity contribution in [2.24, 2.45) is 10.9 Å². The third kappa shape index (κ3) is 1.89. The molecule has 2 nitrogen and oxygen atoms in total. The van der Waals surface area contributed by atoms with Crippen molar-refractivity contribution in [3.8, 4) is 0 Å². The molecule has 3 heteroatoms. The Bertz CT molecular complexity index is 491. The van der Waals surface area contributed by atoms with Gasteiger partial charge in [0.2, 0.25) is 0 Å². The number of hydrogen-bond donors (Lipinski definition) is 0. The Morgan fingerprint density at radius 2 is 2.06 bits per heavy atom. The van der Waals surface area contributed by atoms with Gasteiger partial charge in [0, 0.05) is 4.47 Å². The summed E-state index contributed by atoms with van der Waals surface area (Å²) in [5.41, 5.74) is 1.39. The van der Waals surface area contributed by atoms with Crippen LogP contribution in [0.25, 0.3) is 0 Å². The number of rotatable bonds is 3. The number of benzene rings is 1. The van der Waals surface area contributed by atoms with Gasteiger partial charge in [0.05, 0.1) is 11.5 Å². The van der Waals surface area contributed by atoms with Gasteiger partial charge in [-0.15, -0.1) is 0 Å². The minimum Gasteiger partial charge on any atom is -0.478 e. The summed E-state index contributed by atoms with van der Waals surface area (Å²) in [6.45, 7) is 5.16. The molecule has 0 N–H and O–H groups in total. The summed E-state index contributed by atoms with van der Waals surface area (Å²) in [6.07, 6.45) is 2.30. The highest BCUT2D eigenvalue weighted by Crippen LogP contribution is 2.52. The molecule has 1 aliphatic carbocycles. The van der Waals surface area contributed by atoms with Crippen molar-refractivity contribution in [3.05, 3.63) is 34.3 Å². The van der Waals surface area contributed by atoms with E-state index >= 15 is 0 Å². The third-order valence-corrected chi connectivity index (χ3v) is 4.68. The van der Waals surface area contributed by atoms with Crippen molar-refractivity contribution in [1.29, 1.82) is 0 Å². The van der Waals surface area contributed by atoms with E-state index < -0.39 is 0 Å². The SMILES string of the molecule is CC(C)[C@H]1COC(C2(c3ccccc3Br)CC2)=N1. The third-order valence-electron chi connectivity index (χ3n) is 3.99. The summed E-state index contributed by atoms with van der Waals surface area (Å²) in [5.74, 6) is 1.52. The minimum absolute atomic E-state index is 0.0593. The molecule has 0 radical (unpaired) electrons. The molecule has 18 heavy (non-hydrogen) atoms. The smallest absolute Gasteiger partial charge is 0.194 e. The average molecular weight is 308 g/mol. The van der Waals surface area contributed by atoms with E-state index in [-0.39, 0.29) is 5.41 Å². The lowest BCUT2D eigenvalue weighted by Gasteiger charge is -2.16. The summed E-state index contributed by atoms with van der Waals surface area (Å²) in [7, 11) is 0. The average Bonchev–Trinajstić information content (AvgIpc) is 2.99. The molecule has 0 amide bonds. The summed E-state index contributed by atoms with van der Waals surface area (Å²) < 4.78 is 7.06. The molecule has 0 aromatic heterocycles. The van der Waals surface area contributed by atoms with Crippen LogP contribution in [0.4, 0.5) is 0 Å². The van der Waals surface area contributed by atoms with Gasteiger partial charge in [-0.05, 0) is 30.4 Å². The van der Waals surface area contributed by atoms with Crippen molar-refractivity contribution in [1.82, 2.24) is 0 Å². The van der Waals surface area contributed by atoms with E-state index in [1.807, 2.05) is 0 Å². The van der Waals surface area contributed by atoms with E-state index in [0.717, 1.165) is 25.3 Å². The molecule has 1 fully saturated rings. The lowest BCUT2D eigenvalue weighted by molar-refractivity contribution is 0.281. The molecule has 0 saturated heterocycles. The number of hydrogen-bond acceptors (Lipinski definition) is 2. The molecule has 1 atom stereocenters. The van der Waals surface area contributed by atoms with E-state index in [1.54, 1.807) is 0 Å². The van der Waals surface area contributed by atoms with Crippen LogP contribution in [0, 0.1) is 5.92 Å². The molecule has 0 spiro atoms. The Labute approximate surface area is 117 Å². The van der Waals surface area contributed by atoms with Gasteiger partial charge in [-0.2, -0.15) is 0 Å². The van der Waals surface area contributed by atoms with Gasteiger partial charge in [0.1, 0.15) is 6.61 Å². The second-order valence-electron chi connectivity index (χ2n) is 5.62. The van der Waals surface area contributed by atoms with Crippen LogP contribution >= 0.6 is 15.9 Å². The summed E-state index contributed by atoms with van der Waals surface area (Å²) in [6, 6.07) is 8.77. The molecule has 1 aromatic carbocycles. The molecular weight excluding hydrogens is 290 g/mol. The summed E-state index contributed by atoms with van der Waals surface area (Å²) in [4.78, 5) is 4.81. The molecule has 1 heterocycles. The van der Waals surface area contributed by atoms with Crippen LogP contribution in [-0.2, 0) is 10.2 Å². The Morgan fingerprint density at radius 3 is 2.61 bits per heavy atom. The zero-order valence-electron chi connectivity index (χ0n) is 10.8. The first-order chi connectivity index (χ1) is 8.63. The molecule has 2 aliphatic rings. The van der Waals surface area contributed by atoms with Gasteiger partial charge in [0.15, 0.2) is 5.90 Å². The fraction of sp³-hybridized carbons (Fsp3) is 0.533. The zero-order valence-corrected chi connectivity index (χ0v) is 12.4. The summed E-state index contributed by atoms with van der Waals surface area (Å²) in [5, 5.41) is 0. The topological polar surface area (TPSA) is 21.6 Å². The van der Waals surface area contributed by atoms with Crippen molar-refractivity contribution in [2.45, 2.75) is 38.1 Å². The molecule has 0 bridgehead atoms. The molecular formula is C15H18BrNO. The predicted molar refractivity (Wildman–Crippen MR) is 77.1 cm³/mol. The lowest BCUT2D eigenvalue weighted by atomic mass is 9.96. The Morgan fingerprint density at radius 1 is 1.33 bits per heavy atom. The van der Waals surface area contributed by atoms with E-state index in [1.165, 1.54) is 10.0 Å². The van der Waals surface area contributed by atoms with Crippen molar-refractivity contribution < 1.29 is 4.74 Å². The van der Waals surface area contributed by atoms with Crippen molar-refractivity contribution in [3.63, 3.8) is 0 Å². The number of nitrogens with zero attached hydrogens (tertiary/aromatic N) is 1. The maximum absolute atomic E-state index is 5.89. The Hall–Kier alpha value is -0.830. The Balaban J connectivity index is 1.93. The number of ether oxygens (including phenoxy) is 1. The number of aliphatic imine (C=N–C) groups is 1. The van der Waals surface area contributed by atoms with Crippen LogP contribution in [0.1, 0.15) is 32.3 Å². The van der Waals surface area contributed by atoms with E-state index in [9.17, 15) is 0 Å².